The van der Waals surface area contributed by atoms with E-state index in [2.05, 4.69) is 22.1 Å². The summed E-state index contributed by atoms with van der Waals surface area (Å²) in [5.41, 5.74) is 0.138. The van der Waals surface area contributed by atoms with Crippen molar-refractivity contribution in [1.29, 1.82) is 0 Å². The van der Waals surface area contributed by atoms with Crippen LogP contribution in [-0.4, -0.2) is 57.3 Å². The molecule has 1 aliphatic rings. The molecule has 1 N–H and O–H groups in total. The normalized spacial score (nSPS) is 20.9. The predicted octanol–water partition coefficient (Wildman–Crippen LogP) is 0.311. The molecule has 2 aromatic rings. The zero-order valence-electron chi connectivity index (χ0n) is 15.4. The highest BCUT2D eigenvalue weighted by Gasteiger charge is 2.35. The second-order valence-corrected chi connectivity index (χ2v) is 6.45. The lowest BCUT2D eigenvalue weighted by atomic mass is 10.1. The molecular weight excluding hydrogens is 334 g/mol. The highest BCUT2D eigenvalue weighted by atomic mass is 16.5. The van der Waals surface area contributed by atoms with Gasteiger partial charge in [-0.3, -0.25) is 14.5 Å². The van der Waals surface area contributed by atoms with E-state index in [-0.39, 0.29) is 23.6 Å². The van der Waals surface area contributed by atoms with Crippen molar-refractivity contribution in [2.45, 2.75) is 19.1 Å². The molecule has 1 fully saturated rings. The minimum Gasteiger partial charge on any atom is -0.373 e. The summed E-state index contributed by atoms with van der Waals surface area (Å²) in [5, 5.41) is 2.90. The van der Waals surface area contributed by atoms with E-state index in [0.29, 0.717) is 18.7 Å². The monoisotopic (exact) mass is 359 g/mol. The van der Waals surface area contributed by atoms with Gasteiger partial charge in [-0.2, -0.15) is 0 Å². The number of rotatable bonds is 5. The maximum absolute atomic E-state index is 12.4. The summed E-state index contributed by atoms with van der Waals surface area (Å²) < 4.78 is 9.37. The lowest BCUT2D eigenvalue weighted by Gasteiger charge is -2.40. The average Bonchev–Trinajstić information content (AvgIpc) is 3.07. The van der Waals surface area contributed by atoms with Crippen molar-refractivity contribution >= 4 is 5.91 Å². The van der Waals surface area contributed by atoms with Crippen LogP contribution in [0.3, 0.4) is 0 Å². The van der Waals surface area contributed by atoms with Gasteiger partial charge in [0.05, 0.1) is 18.8 Å². The van der Waals surface area contributed by atoms with Gasteiger partial charge in [0.15, 0.2) is 0 Å². The van der Waals surface area contributed by atoms with Crippen LogP contribution in [0.2, 0.25) is 0 Å². The Bertz CT molecular complexity index is 828. The number of nitrogens with zero attached hydrogens (tertiary/aromatic N) is 4. The number of morpholine rings is 1. The van der Waals surface area contributed by atoms with Gasteiger partial charge >= 0.3 is 0 Å². The van der Waals surface area contributed by atoms with Gasteiger partial charge in [-0.1, -0.05) is 6.92 Å². The molecule has 0 radical (unpaired) electrons. The first-order valence-electron chi connectivity index (χ1n) is 8.79. The third-order valence-corrected chi connectivity index (χ3v) is 4.82. The molecule has 0 bridgehead atoms. The van der Waals surface area contributed by atoms with Crippen LogP contribution in [0.15, 0.2) is 35.5 Å². The van der Waals surface area contributed by atoms with E-state index in [4.69, 9.17) is 4.74 Å². The largest absolute Gasteiger partial charge is 0.373 e. The number of aromatic nitrogens is 3. The van der Waals surface area contributed by atoms with Gasteiger partial charge in [0.2, 0.25) is 0 Å². The van der Waals surface area contributed by atoms with E-state index in [0.717, 1.165) is 18.9 Å². The van der Waals surface area contributed by atoms with Crippen LogP contribution in [-0.2, 0) is 18.8 Å². The van der Waals surface area contributed by atoms with E-state index >= 15 is 0 Å². The van der Waals surface area contributed by atoms with Gasteiger partial charge < -0.3 is 19.2 Å². The molecule has 2 atom stereocenters. The molecule has 140 valence electrons. The second kappa shape index (κ2) is 7.84. The van der Waals surface area contributed by atoms with Crippen molar-refractivity contribution in [3.05, 3.63) is 52.5 Å². The van der Waals surface area contributed by atoms with Crippen molar-refractivity contribution < 1.29 is 9.53 Å². The summed E-state index contributed by atoms with van der Waals surface area (Å²) in [7, 11) is 3.61. The molecule has 8 nitrogen and oxygen atoms in total. The minimum absolute atomic E-state index is 0.0299. The fraction of sp³-hybridized carbons (Fsp3) is 0.500. The number of carbonyl (C=O) groups is 1. The summed E-state index contributed by atoms with van der Waals surface area (Å²) in [4.78, 5) is 30.9. The van der Waals surface area contributed by atoms with Crippen LogP contribution in [0.25, 0.3) is 0 Å². The predicted molar refractivity (Wildman–Crippen MR) is 97.0 cm³/mol. The molecule has 3 heterocycles. The van der Waals surface area contributed by atoms with E-state index < -0.39 is 0 Å². The molecule has 2 aromatic heterocycles. The Morgan fingerprint density at radius 1 is 1.35 bits per heavy atom. The molecule has 3 rings (SSSR count). The number of imidazole rings is 1. The van der Waals surface area contributed by atoms with Crippen LogP contribution >= 0.6 is 0 Å². The zero-order chi connectivity index (χ0) is 18.7. The summed E-state index contributed by atoms with van der Waals surface area (Å²) >= 11 is 0. The Morgan fingerprint density at radius 3 is 2.81 bits per heavy atom. The van der Waals surface area contributed by atoms with Crippen LogP contribution in [0.1, 0.15) is 29.1 Å². The van der Waals surface area contributed by atoms with E-state index in [1.54, 1.807) is 25.5 Å². The number of carbonyl (C=O) groups excluding carboxylic acids is 1. The average molecular weight is 359 g/mol. The summed E-state index contributed by atoms with van der Waals surface area (Å²) in [6, 6.07) is 2.94. The lowest BCUT2D eigenvalue weighted by Crippen LogP contribution is -2.50. The molecule has 1 saturated heterocycles. The maximum atomic E-state index is 12.4. The molecule has 0 saturated carbocycles. The van der Waals surface area contributed by atoms with Gasteiger partial charge in [0.1, 0.15) is 5.82 Å². The Labute approximate surface area is 152 Å². The van der Waals surface area contributed by atoms with Crippen molar-refractivity contribution in [2.75, 3.05) is 26.2 Å². The lowest BCUT2D eigenvalue weighted by molar-refractivity contribution is -0.0720. The van der Waals surface area contributed by atoms with Crippen LogP contribution in [0, 0.1) is 0 Å². The molecule has 0 aromatic carbocycles. The van der Waals surface area contributed by atoms with Crippen LogP contribution in [0.5, 0.6) is 0 Å². The van der Waals surface area contributed by atoms with Crippen molar-refractivity contribution in [2.24, 2.45) is 14.1 Å². The molecular formula is C18H25N5O3. The van der Waals surface area contributed by atoms with E-state index in [1.165, 1.54) is 10.6 Å². The fourth-order valence-electron chi connectivity index (χ4n) is 3.29. The van der Waals surface area contributed by atoms with E-state index in [1.807, 2.05) is 17.8 Å². The number of nitrogens with one attached hydrogen (secondary N) is 1. The summed E-state index contributed by atoms with van der Waals surface area (Å²) in [6.07, 6.45) is 5.06. The Morgan fingerprint density at radius 2 is 2.15 bits per heavy atom. The topological polar surface area (TPSA) is 81.4 Å². The second-order valence-electron chi connectivity index (χ2n) is 6.45. The third-order valence-electron chi connectivity index (χ3n) is 4.82. The Kier molecular flexibility index (Phi) is 5.53. The molecule has 1 aliphatic heterocycles. The molecule has 0 spiro atoms. The van der Waals surface area contributed by atoms with E-state index in [9.17, 15) is 9.59 Å². The quantitative estimate of drug-likeness (QED) is 0.831. The van der Waals surface area contributed by atoms with Gasteiger partial charge in [-0.15, -0.1) is 0 Å². The van der Waals surface area contributed by atoms with Gasteiger partial charge in [-0.05, 0) is 12.6 Å². The molecule has 0 aliphatic carbocycles. The first-order valence-corrected chi connectivity index (χ1v) is 8.79. The number of hydrogen-bond donors (Lipinski definition) is 1. The first-order chi connectivity index (χ1) is 12.5. The highest BCUT2D eigenvalue weighted by molar-refractivity contribution is 5.93. The van der Waals surface area contributed by atoms with Crippen molar-refractivity contribution in [1.82, 2.24) is 24.3 Å². The van der Waals surface area contributed by atoms with Crippen LogP contribution in [0.4, 0.5) is 0 Å². The number of hydrogen-bond acceptors (Lipinski definition) is 5. The van der Waals surface area contributed by atoms with Crippen molar-refractivity contribution in [3.8, 4) is 0 Å². The van der Waals surface area contributed by atoms with Gasteiger partial charge in [-0.25, -0.2) is 4.98 Å². The fourth-order valence-corrected chi connectivity index (χ4v) is 3.29. The summed E-state index contributed by atoms with van der Waals surface area (Å²) in [5.74, 6) is 0.637. The minimum atomic E-state index is -0.279. The third kappa shape index (κ3) is 3.71. The SMILES string of the molecule is CCN1CCO[C@@H](CNC(=O)c2ccn(C)c(=O)c2)[C@@H]1c1nccn1C. The molecule has 26 heavy (non-hydrogen) atoms. The number of amides is 1. The van der Waals surface area contributed by atoms with Gasteiger partial charge in [0, 0.05) is 57.4 Å². The Balaban J connectivity index is 1.74. The van der Waals surface area contributed by atoms with Crippen LogP contribution < -0.4 is 10.9 Å². The molecule has 1 amide bonds. The maximum Gasteiger partial charge on any atom is 0.251 e. The first kappa shape index (κ1) is 18.3. The highest BCUT2D eigenvalue weighted by Crippen LogP contribution is 2.27. The molecule has 8 heteroatoms. The number of pyridine rings is 1. The Hall–Kier alpha value is -2.45. The smallest absolute Gasteiger partial charge is 0.251 e. The summed E-state index contributed by atoms with van der Waals surface area (Å²) in [6.45, 7) is 4.77. The van der Waals surface area contributed by atoms with Crippen molar-refractivity contribution in [3.63, 3.8) is 0 Å². The number of ether oxygens (including phenoxy) is 1. The zero-order valence-corrected chi connectivity index (χ0v) is 15.4. The molecule has 0 unspecified atom stereocenters. The number of aryl methyl sites for hydroxylation is 2. The standard InChI is InChI=1S/C18H25N5O3/c1-4-23-9-10-26-14(16(23)17-19-6-8-22(17)3)12-20-18(25)13-5-7-21(2)15(24)11-13/h5-8,11,14,16H,4,9-10,12H2,1-3H3,(H,20,25)/t14-,16+/m0/s1. The number of likely N-dealkylation sites (N-methyl/N-ethyl adjacent to an activating group) is 1. The van der Waals surface area contributed by atoms with Gasteiger partial charge in [0.25, 0.3) is 11.5 Å².